The van der Waals surface area contributed by atoms with Gasteiger partial charge in [-0.05, 0) is 14.0 Å². The molecule has 14 heavy (non-hydrogen) atoms. The second-order valence-electron chi connectivity index (χ2n) is 4.22. The molecule has 82 valence electrons. The zero-order chi connectivity index (χ0) is 9.97. The molecule has 0 bridgehead atoms. The minimum atomic E-state index is 0.147. The Balaban J connectivity index is 1.70. The molecule has 5 nitrogen and oxygen atoms in total. The number of hydrogen-bond donors (Lipinski definition) is 2. The molecule has 2 N–H and O–H groups in total. The van der Waals surface area contributed by atoms with Crippen LogP contribution in [0.2, 0.25) is 0 Å². The Morgan fingerprint density at radius 2 is 2.00 bits per heavy atom. The fraction of sp³-hybridized carbons (Fsp3) is 1.00. The molecule has 0 aromatic carbocycles. The largest absolute Gasteiger partial charge is 0.304 e. The van der Waals surface area contributed by atoms with Crippen LogP contribution in [0.5, 0.6) is 0 Å². The molecule has 0 spiro atoms. The SMILES string of the molecule is CC1NOC(CN2CCN(C)CC2)N1. The van der Waals surface area contributed by atoms with E-state index >= 15 is 0 Å². The topological polar surface area (TPSA) is 39.8 Å². The van der Waals surface area contributed by atoms with E-state index in [0.717, 1.165) is 32.7 Å². The van der Waals surface area contributed by atoms with Crippen LogP contribution < -0.4 is 10.8 Å². The number of hydrogen-bond acceptors (Lipinski definition) is 5. The highest BCUT2D eigenvalue weighted by molar-refractivity contribution is 4.74. The van der Waals surface area contributed by atoms with Crippen molar-refractivity contribution >= 4 is 0 Å². The fourth-order valence-corrected chi connectivity index (χ4v) is 1.89. The van der Waals surface area contributed by atoms with Crippen LogP contribution in [-0.4, -0.2) is 62.0 Å². The highest BCUT2D eigenvalue weighted by atomic mass is 16.7. The van der Waals surface area contributed by atoms with Crippen molar-refractivity contribution in [3.05, 3.63) is 0 Å². The number of piperazine rings is 1. The third kappa shape index (κ3) is 2.65. The lowest BCUT2D eigenvalue weighted by Gasteiger charge is -2.33. The summed E-state index contributed by atoms with van der Waals surface area (Å²) in [6.07, 6.45) is 0.417. The van der Waals surface area contributed by atoms with Gasteiger partial charge in [0.1, 0.15) is 6.23 Å². The molecule has 0 aliphatic carbocycles. The van der Waals surface area contributed by atoms with Gasteiger partial charge < -0.3 is 4.90 Å². The van der Waals surface area contributed by atoms with Gasteiger partial charge in [0.25, 0.3) is 0 Å². The molecular formula is C9H20N4O. The Morgan fingerprint density at radius 1 is 1.29 bits per heavy atom. The average molecular weight is 200 g/mol. The van der Waals surface area contributed by atoms with Crippen LogP contribution in [0.3, 0.4) is 0 Å². The second kappa shape index (κ2) is 4.55. The molecule has 0 saturated carbocycles. The van der Waals surface area contributed by atoms with Crippen molar-refractivity contribution in [1.82, 2.24) is 20.6 Å². The van der Waals surface area contributed by atoms with Gasteiger partial charge >= 0.3 is 0 Å². The first-order valence-corrected chi connectivity index (χ1v) is 5.32. The van der Waals surface area contributed by atoms with Gasteiger partial charge in [-0.25, -0.2) is 0 Å². The fourth-order valence-electron chi connectivity index (χ4n) is 1.89. The lowest BCUT2D eigenvalue weighted by Crippen LogP contribution is -2.49. The van der Waals surface area contributed by atoms with E-state index in [4.69, 9.17) is 4.84 Å². The predicted octanol–water partition coefficient (Wildman–Crippen LogP) is -0.970. The Hall–Kier alpha value is -0.200. The first-order valence-electron chi connectivity index (χ1n) is 5.32. The molecule has 2 saturated heterocycles. The third-order valence-corrected chi connectivity index (χ3v) is 2.84. The van der Waals surface area contributed by atoms with E-state index < -0.39 is 0 Å². The van der Waals surface area contributed by atoms with Gasteiger partial charge in [0, 0.05) is 32.7 Å². The summed E-state index contributed by atoms with van der Waals surface area (Å²) in [6.45, 7) is 7.65. The number of nitrogens with one attached hydrogen (secondary N) is 2. The number of nitrogens with zero attached hydrogens (tertiary/aromatic N) is 2. The standard InChI is InChI=1S/C9H20N4O/c1-8-10-9(14-11-8)7-13-5-3-12(2)4-6-13/h8-11H,3-7H2,1-2H3. The summed E-state index contributed by atoms with van der Waals surface area (Å²) in [7, 11) is 2.17. The molecule has 2 atom stereocenters. The normalized spacial score (nSPS) is 36.4. The first-order chi connectivity index (χ1) is 6.74. The molecule has 0 radical (unpaired) electrons. The smallest absolute Gasteiger partial charge is 0.143 e. The van der Waals surface area contributed by atoms with Crippen LogP contribution in [0.4, 0.5) is 0 Å². The quantitative estimate of drug-likeness (QED) is 0.600. The lowest BCUT2D eigenvalue weighted by molar-refractivity contribution is -0.00382. The summed E-state index contributed by atoms with van der Waals surface area (Å²) in [4.78, 5) is 10.2. The van der Waals surface area contributed by atoms with Crippen LogP contribution in [0.25, 0.3) is 0 Å². The van der Waals surface area contributed by atoms with Gasteiger partial charge in [-0.1, -0.05) is 0 Å². The summed E-state index contributed by atoms with van der Waals surface area (Å²) >= 11 is 0. The van der Waals surface area contributed by atoms with E-state index in [1.54, 1.807) is 0 Å². The van der Waals surface area contributed by atoms with Crippen LogP contribution in [0.15, 0.2) is 0 Å². The average Bonchev–Trinajstić information content (AvgIpc) is 2.56. The van der Waals surface area contributed by atoms with E-state index in [1.807, 2.05) is 0 Å². The first kappa shape index (κ1) is 10.3. The maximum Gasteiger partial charge on any atom is 0.143 e. The van der Waals surface area contributed by atoms with Crippen molar-refractivity contribution in [3.63, 3.8) is 0 Å². The summed E-state index contributed by atoms with van der Waals surface area (Å²) in [5.74, 6) is 0. The van der Waals surface area contributed by atoms with Gasteiger partial charge in [0.2, 0.25) is 0 Å². The molecule has 5 heteroatoms. The van der Waals surface area contributed by atoms with Crippen molar-refractivity contribution in [3.8, 4) is 0 Å². The molecule has 0 aromatic heterocycles. The summed E-state index contributed by atoms with van der Waals surface area (Å²) in [5.41, 5.74) is 2.92. The monoisotopic (exact) mass is 200 g/mol. The molecule has 2 aliphatic rings. The molecule has 2 fully saturated rings. The van der Waals surface area contributed by atoms with Gasteiger partial charge in [0.05, 0.1) is 6.17 Å². The number of likely N-dealkylation sites (N-methyl/N-ethyl adjacent to an activating group) is 1. The van der Waals surface area contributed by atoms with Crippen LogP contribution in [0, 0.1) is 0 Å². The highest BCUT2D eigenvalue weighted by Crippen LogP contribution is 2.03. The van der Waals surface area contributed by atoms with E-state index in [1.165, 1.54) is 0 Å². The summed E-state index contributed by atoms with van der Waals surface area (Å²) < 4.78 is 0. The molecule has 0 amide bonds. The van der Waals surface area contributed by atoms with Crippen LogP contribution in [-0.2, 0) is 4.84 Å². The molecule has 2 unspecified atom stereocenters. The summed E-state index contributed by atoms with van der Waals surface area (Å²) in [5, 5.41) is 3.32. The Labute approximate surface area is 85.3 Å². The maximum absolute atomic E-state index is 5.38. The van der Waals surface area contributed by atoms with E-state index in [2.05, 4.69) is 34.6 Å². The van der Waals surface area contributed by atoms with Crippen LogP contribution in [0.1, 0.15) is 6.92 Å². The summed E-state index contributed by atoms with van der Waals surface area (Å²) in [6, 6.07) is 0. The van der Waals surface area contributed by atoms with Crippen molar-refractivity contribution < 1.29 is 4.84 Å². The molecule has 2 rings (SSSR count). The van der Waals surface area contributed by atoms with Crippen molar-refractivity contribution in [2.75, 3.05) is 39.8 Å². The minimum Gasteiger partial charge on any atom is -0.304 e. The van der Waals surface area contributed by atoms with E-state index in [0.29, 0.717) is 0 Å². The maximum atomic E-state index is 5.38. The zero-order valence-electron chi connectivity index (χ0n) is 8.99. The van der Waals surface area contributed by atoms with Crippen LogP contribution >= 0.6 is 0 Å². The molecular weight excluding hydrogens is 180 g/mol. The number of rotatable bonds is 2. The van der Waals surface area contributed by atoms with Crippen molar-refractivity contribution in [1.29, 1.82) is 0 Å². The zero-order valence-corrected chi connectivity index (χ0v) is 8.99. The van der Waals surface area contributed by atoms with Gasteiger partial charge in [-0.3, -0.25) is 15.1 Å². The second-order valence-corrected chi connectivity index (χ2v) is 4.22. The number of hydroxylamine groups is 1. The van der Waals surface area contributed by atoms with Crippen molar-refractivity contribution in [2.45, 2.75) is 19.3 Å². The third-order valence-electron chi connectivity index (χ3n) is 2.84. The molecule has 2 heterocycles. The van der Waals surface area contributed by atoms with Gasteiger partial charge in [-0.15, -0.1) is 0 Å². The van der Waals surface area contributed by atoms with E-state index in [-0.39, 0.29) is 12.4 Å². The van der Waals surface area contributed by atoms with E-state index in [9.17, 15) is 0 Å². The lowest BCUT2D eigenvalue weighted by atomic mass is 10.3. The minimum absolute atomic E-state index is 0.147. The van der Waals surface area contributed by atoms with Gasteiger partial charge in [-0.2, -0.15) is 5.48 Å². The van der Waals surface area contributed by atoms with Crippen molar-refractivity contribution in [2.24, 2.45) is 0 Å². The Bertz CT molecular complexity index is 182. The highest BCUT2D eigenvalue weighted by Gasteiger charge is 2.24. The predicted molar refractivity (Wildman–Crippen MR) is 54.5 cm³/mol. The molecule has 0 aromatic rings. The molecule has 2 aliphatic heterocycles. The Kier molecular flexibility index (Phi) is 3.35. The van der Waals surface area contributed by atoms with Gasteiger partial charge in [0.15, 0.2) is 0 Å². The Morgan fingerprint density at radius 3 is 2.57 bits per heavy atom.